The van der Waals surface area contributed by atoms with E-state index in [-0.39, 0.29) is 0 Å². The molecule has 4 atom stereocenters. The van der Waals surface area contributed by atoms with Crippen LogP contribution < -0.4 is 0 Å². The zero-order valence-electron chi connectivity index (χ0n) is 13.3. The van der Waals surface area contributed by atoms with Gasteiger partial charge < -0.3 is 10.2 Å². The third-order valence-electron chi connectivity index (χ3n) is 6.01. The Kier molecular flexibility index (Phi) is 4.11. The zero-order valence-corrected chi connectivity index (χ0v) is 13.3. The predicted molar refractivity (Wildman–Crippen MR) is 85.9 cm³/mol. The van der Waals surface area contributed by atoms with Gasteiger partial charge in [-0.15, -0.1) is 0 Å². The lowest BCUT2D eigenvalue weighted by Gasteiger charge is -2.36. The van der Waals surface area contributed by atoms with E-state index >= 15 is 0 Å². The number of fused-ring (bicyclic) bond motifs is 1. The number of aliphatic hydroxyl groups is 2. The van der Waals surface area contributed by atoms with Gasteiger partial charge in [0.1, 0.15) is 0 Å². The van der Waals surface area contributed by atoms with Gasteiger partial charge >= 0.3 is 0 Å². The van der Waals surface area contributed by atoms with E-state index in [1.54, 1.807) is 0 Å². The van der Waals surface area contributed by atoms with Gasteiger partial charge in [0.15, 0.2) is 0 Å². The van der Waals surface area contributed by atoms with Crippen molar-refractivity contribution < 1.29 is 10.2 Å². The van der Waals surface area contributed by atoms with Gasteiger partial charge in [-0.3, -0.25) is 0 Å². The van der Waals surface area contributed by atoms with Crippen LogP contribution in [0.4, 0.5) is 0 Å². The van der Waals surface area contributed by atoms with E-state index in [1.165, 1.54) is 37.7 Å². The van der Waals surface area contributed by atoms with Crippen LogP contribution in [0.25, 0.3) is 0 Å². The summed E-state index contributed by atoms with van der Waals surface area (Å²) in [4.78, 5) is 0. The highest BCUT2D eigenvalue weighted by molar-refractivity contribution is 5.37. The Bertz CT molecular complexity index is 500. The molecule has 0 heterocycles. The normalized spacial score (nSPS) is 40.6. The highest BCUT2D eigenvalue weighted by Crippen LogP contribution is 2.52. The second kappa shape index (κ2) is 5.73. The largest absolute Gasteiger partial charge is 0.393 e. The van der Waals surface area contributed by atoms with E-state index in [0.717, 1.165) is 11.1 Å². The Morgan fingerprint density at radius 1 is 1.24 bits per heavy atom. The summed E-state index contributed by atoms with van der Waals surface area (Å²) in [7, 11) is 0. The van der Waals surface area contributed by atoms with Gasteiger partial charge in [0, 0.05) is 6.42 Å². The quantitative estimate of drug-likeness (QED) is 0.809. The number of hydrogen-bond acceptors (Lipinski definition) is 2. The van der Waals surface area contributed by atoms with Crippen molar-refractivity contribution in [2.45, 2.75) is 71.0 Å². The van der Waals surface area contributed by atoms with Gasteiger partial charge in [0.05, 0.1) is 12.2 Å². The fraction of sp³-hybridized carbons (Fsp3) is 0.684. The van der Waals surface area contributed by atoms with Crippen LogP contribution in [-0.2, 0) is 0 Å². The van der Waals surface area contributed by atoms with Crippen LogP contribution in [0.3, 0.4) is 0 Å². The molecule has 0 aromatic heterocycles. The van der Waals surface area contributed by atoms with Gasteiger partial charge in [-0.1, -0.05) is 31.6 Å². The van der Waals surface area contributed by atoms with Gasteiger partial charge in [-0.25, -0.2) is 0 Å². The fourth-order valence-electron chi connectivity index (χ4n) is 4.54. The second-order valence-corrected chi connectivity index (χ2v) is 7.49. The minimum Gasteiger partial charge on any atom is -0.393 e. The number of hydrogen-bond donors (Lipinski definition) is 2. The van der Waals surface area contributed by atoms with E-state index in [9.17, 15) is 10.2 Å². The summed E-state index contributed by atoms with van der Waals surface area (Å²) in [5, 5.41) is 19.8. The Morgan fingerprint density at radius 3 is 2.86 bits per heavy atom. The van der Waals surface area contributed by atoms with Crippen molar-refractivity contribution in [3.05, 3.63) is 34.9 Å². The van der Waals surface area contributed by atoms with Crippen molar-refractivity contribution >= 4 is 0 Å². The molecule has 2 N–H and O–H groups in total. The van der Waals surface area contributed by atoms with E-state index in [2.05, 4.69) is 25.2 Å². The lowest BCUT2D eigenvalue weighted by Crippen LogP contribution is -2.26. The zero-order chi connectivity index (χ0) is 15.0. The average Bonchev–Trinajstić information content (AvgIpc) is 2.83. The summed E-state index contributed by atoms with van der Waals surface area (Å²) in [6.07, 6.45) is 13.6. The van der Waals surface area contributed by atoms with E-state index in [1.807, 2.05) is 6.92 Å². The maximum Gasteiger partial charge on any atom is 0.0777 e. The van der Waals surface area contributed by atoms with Crippen molar-refractivity contribution in [1.82, 2.24) is 0 Å². The van der Waals surface area contributed by atoms with Crippen molar-refractivity contribution in [3.8, 4) is 0 Å². The Labute approximate surface area is 128 Å². The van der Waals surface area contributed by atoms with Crippen LogP contribution in [0.15, 0.2) is 34.9 Å². The summed E-state index contributed by atoms with van der Waals surface area (Å²) < 4.78 is 0. The standard InChI is InChI=1S/C19H28O2/c1-13-15(11-16(20)12-18(13)21)8-7-14-5-3-9-19(2)10-4-6-17(14)19/h5,7-8,16-18,20-21H,3-4,6,9-12H2,1-2H3/t16-,17+,18+,19-/m1/s1. The molecule has 0 amide bonds. The average molecular weight is 288 g/mol. The van der Waals surface area contributed by atoms with E-state index in [4.69, 9.17) is 0 Å². The van der Waals surface area contributed by atoms with Crippen LogP contribution in [0.2, 0.25) is 0 Å². The molecule has 0 unspecified atom stereocenters. The maximum absolute atomic E-state index is 9.98. The molecule has 0 spiro atoms. The molecule has 1 saturated carbocycles. The first-order valence-electron chi connectivity index (χ1n) is 8.43. The first-order valence-corrected chi connectivity index (χ1v) is 8.43. The molecule has 1 fully saturated rings. The highest BCUT2D eigenvalue weighted by atomic mass is 16.3. The van der Waals surface area contributed by atoms with Crippen LogP contribution in [0, 0.1) is 11.3 Å². The topological polar surface area (TPSA) is 40.5 Å². The van der Waals surface area contributed by atoms with Gasteiger partial charge in [0.25, 0.3) is 0 Å². The third kappa shape index (κ3) is 2.89. The van der Waals surface area contributed by atoms with Crippen LogP contribution >= 0.6 is 0 Å². The van der Waals surface area contributed by atoms with Gasteiger partial charge in [-0.2, -0.15) is 0 Å². The molecule has 21 heavy (non-hydrogen) atoms. The Balaban J connectivity index is 1.80. The summed E-state index contributed by atoms with van der Waals surface area (Å²) in [6, 6.07) is 0. The molecular weight excluding hydrogens is 260 g/mol. The first-order chi connectivity index (χ1) is 9.99. The molecule has 0 aromatic rings. The number of allylic oxidation sites excluding steroid dienone is 4. The molecule has 0 bridgehead atoms. The van der Waals surface area contributed by atoms with Crippen molar-refractivity contribution in [2.24, 2.45) is 11.3 Å². The van der Waals surface area contributed by atoms with Gasteiger partial charge in [-0.05, 0) is 67.1 Å². The minimum atomic E-state index is -0.481. The summed E-state index contributed by atoms with van der Waals surface area (Å²) in [5.74, 6) is 0.710. The van der Waals surface area contributed by atoms with Crippen molar-refractivity contribution in [3.63, 3.8) is 0 Å². The van der Waals surface area contributed by atoms with Crippen LogP contribution in [0.5, 0.6) is 0 Å². The summed E-state index contributed by atoms with van der Waals surface area (Å²) in [6.45, 7) is 4.44. The van der Waals surface area contributed by atoms with Crippen LogP contribution in [-0.4, -0.2) is 22.4 Å². The molecular formula is C19H28O2. The van der Waals surface area contributed by atoms with E-state index < -0.39 is 12.2 Å². The SMILES string of the molecule is CC1=C(C=CC2=CCC[C@]3(C)CCC[C@@H]23)C[C@@H](O)C[C@@H]1O. The highest BCUT2D eigenvalue weighted by Gasteiger charge is 2.41. The Hall–Kier alpha value is -0.860. The van der Waals surface area contributed by atoms with Crippen molar-refractivity contribution in [2.75, 3.05) is 0 Å². The summed E-state index contributed by atoms with van der Waals surface area (Å²) in [5.41, 5.74) is 4.13. The first kappa shape index (κ1) is 15.1. The molecule has 3 rings (SSSR count). The molecule has 2 nitrogen and oxygen atoms in total. The maximum atomic E-state index is 9.98. The molecule has 0 aliphatic heterocycles. The fourth-order valence-corrected chi connectivity index (χ4v) is 4.54. The van der Waals surface area contributed by atoms with Gasteiger partial charge in [0.2, 0.25) is 0 Å². The molecule has 3 aliphatic carbocycles. The van der Waals surface area contributed by atoms with E-state index in [0.29, 0.717) is 24.2 Å². The number of aliphatic hydroxyl groups excluding tert-OH is 2. The molecule has 0 aromatic carbocycles. The molecule has 0 radical (unpaired) electrons. The Morgan fingerprint density at radius 2 is 2.05 bits per heavy atom. The van der Waals surface area contributed by atoms with Crippen LogP contribution in [0.1, 0.15) is 58.8 Å². The van der Waals surface area contributed by atoms with Crippen molar-refractivity contribution in [1.29, 1.82) is 0 Å². The summed E-state index contributed by atoms with van der Waals surface area (Å²) >= 11 is 0. The molecule has 3 aliphatic rings. The predicted octanol–water partition coefficient (Wildman–Crippen LogP) is 3.90. The lowest BCUT2D eigenvalue weighted by atomic mass is 9.69. The minimum absolute atomic E-state index is 0.402. The third-order valence-corrected chi connectivity index (χ3v) is 6.01. The number of rotatable bonds is 2. The molecule has 2 heteroatoms. The second-order valence-electron chi connectivity index (χ2n) is 7.49. The molecule has 116 valence electrons. The molecule has 0 saturated heterocycles. The smallest absolute Gasteiger partial charge is 0.0777 e. The lowest BCUT2D eigenvalue weighted by molar-refractivity contribution is 0.0879. The monoisotopic (exact) mass is 288 g/mol.